The molecule has 2 aromatic carbocycles. The summed E-state index contributed by atoms with van der Waals surface area (Å²) in [6.45, 7) is 4.09. The van der Waals surface area contributed by atoms with Gasteiger partial charge in [-0.2, -0.15) is 0 Å². The number of halogens is 1. The summed E-state index contributed by atoms with van der Waals surface area (Å²) >= 11 is 3.47. The second-order valence-corrected chi connectivity index (χ2v) is 5.14. The fourth-order valence-corrected chi connectivity index (χ4v) is 2.50. The molecule has 0 saturated carbocycles. The van der Waals surface area contributed by atoms with Gasteiger partial charge < -0.3 is 5.11 Å². The maximum atomic E-state index is 10.4. The summed E-state index contributed by atoms with van der Waals surface area (Å²) in [5.74, 6) is 0. The van der Waals surface area contributed by atoms with Crippen LogP contribution in [0.15, 0.2) is 46.9 Å². The number of aliphatic hydroxyl groups excluding tert-OH is 1. The molecule has 1 atom stereocenters. The van der Waals surface area contributed by atoms with Gasteiger partial charge in [-0.15, -0.1) is 0 Å². The Balaban J connectivity index is 2.44. The van der Waals surface area contributed by atoms with Gasteiger partial charge in [-0.3, -0.25) is 0 Å². The molecule has 2 aromatic rings. The Morgan fingerprint density at radius 3 is 2.35 bits per heavy atom. The van der Waals surface area contributed by atoms with Crippen LogP contribution in [0.2, 0.25) is 0 Å². The summed E-state index contributed by atoms with van der Waals surface area (Å²) < 4.78 is 0.937. The SMILES string of the molecule is Cc1ccc([C@H](O)c2ccccc2Br)c(C)c1. The van der Waals surface area contributed by atoms with Crippen molar-refractivity contribution in [2.24, 2.45) is 0 Å². The number of hydrogen-bond donors (Lipinski definition) is 1. The Bertz CT molecular complexity index is 534. The van der Waals surface area contributed by atoms with Crippen molar-refractivity contribution >= 4 is 15.9 Å². The highest BCUT2D eigenvalue weighted by atomic mass is 79.9. The van der Waals surface area contributed by atoms with Gasteiger partial charge in [-0.25, -0.2) is 0 Å². The normalized spacial score (nSPS) is 12.5. The van der Waals surface area contributed by atoms with Gasteiger partial charge in [0.15, 0.2) is 0 Å². The molecule has 88 valence electrons. The highest BCUT2D eigenvalue weighted by Crippen LogP contribution is 2.30. The second kappa shape index (κ2) is 5.03. The summed E-state index contributed by atoms with van der Waals surface area (Å²) in [6.07, 6.45) is -0.578. The van der Waals surface area contributed by atoms with E-state index in [0.29, 0.717) is 0 Å². The molecule has 0 aliphatic carbocycles. The zero-order valence-electron chi connectivity index (χ0n) is 9.94. The highest BCUT2D eigenvalue weighted by molar-refractivity contribution is 9.10. The molecule has 0 aliphatic rings. The molecule has 1 N–H and O–H groups in total. The molecular weight excluding hydrogens is 276 g/mol. The van der Waals surface area contributed by atoms with E-state index in [1.807, 2.05) is 43.3 Å². The van der Waals surface area contributed by atoms with Gasteiger partial charge in [0.05, 0.1) is 0 Å². The van der Waals surface area contributed by atoms with Crippen LogP contribution in [0.5, 0.6) is 0 Å². The van der Waals surface area contributed by atoms with Gasteiger partial charge in [0.25, 0.3) is 0 Å². The van der Waals surface area contributed by atoms with Gasteiger partial charge in [0, 0.05) is 4.47 Å². The van der Waals surface area contributed by atoms with Crippen LogP contribution in [0.4, 0.5) is 0 Å². The van der Waals surface area contributed by atoms with Crippen LogP contribution in [0.3, 0.4) is 0 Å². The van der Waals surface area contributed by atoms with Crippen molar-refractivity contribution in [1.82, 2.24) is 0 Å². The lowest BCUT2D eigenvalue weighted by Crippen LogP contribution is -2.03. The van der Waals surface area contributed by atoms with E-state index in [4.69, 9.17) is 0 Å². The number of aryl methyl sites for hydroxylation is 2. The zero-order chi connectivity index (χ0) is 12.4. The van der Waals surface area contributed by atoms with Crippen LogP contribution in [-0.2, 0) is 0 Å². The minimum absolute atomic E-state index is 0.578. The number of aliphatic hydroxyl groups is 1. The molecular formula is C15H15BrO. The lowest BCUT2D eigenvalue weighted by molar-refractivity contribution is 0.219. The molecule has 0 saturated heterocycles. The third-order valence-corrected chi connectivity index (χ3v) is 3.64. The van der Waals surface area contributed by atoms with Gasteiger partial charge >= 0.3 is 0 Å². The summed E-state index contributed by atoms with van der Waals surface area (Å²) in [5.41, 5.74) is 4.20. The average molecular weight is 291 g/mol. The average Bonchev–Trinajstić information content (AvgIpc) is 2.29. The van der Waals surface area contributed by atoms with E-state index < -0.39 is 6.10 Å². The maximum absolute atomic E-state index is 10.4. The van der Waals surface area contributed by atoms with Crippen molar-refractivity contribution in [2.45, 2.75) is 20.0 Å². The fraction of sp³-hybridized carbons (Fsp3) is 0.200. The van der Waals surface area contributed by atoms with E-state index in [9.17, 15) is 5.11 Å². The minimum Gasteiger partial charge on any atom is -0.384 e. The van der Waals surface area contributed by atoms with E-state index in [1.54, 1.807) is 0 Å². The van der Waals surface area contributed by atoms with Gasteiger partial charge in [0.2, 0.25) is 0 Å². The van der Waals surface area contributed by atoms with E-state index in [-0.39, 0.29) is 0 Å². The Hall–Kier alpha value is -1.12. The molecule has 0 spiro atoms. The first kappa shape index (κ1) is 12.3. The molecule has 0 heterocycles. The van der Waals surface area contributed by atoms with Crippen molar-refractivity contribution in [2.75, 3.05) is 0 Å². The van der Waals surface area contributed by atoms with Gasteiger partial charge in [0.1, 0.15) is 6.10 Å². The molecule has 0 aliphatic heterocycles. The van der Waals surface area contributed by atoms with E-state index >= 15 is 0 Å². The van der Waals surface area contributed by atoms with Gasteiger partial charge in [-0.05, 0) is 36.6 Å². The van der Waals surface area contributed by atoms with Crippen molar-refractivity contribution in [1.29, 1.82) is 0 Å². The maximum Gasteiger partial charge on any atom is 0.105 e. The molecule has 17 heavy (non-hydrogen) atoms. The monoisotopic (exact) mass is 290 g/mol. The van der Waals surface area contributed by atoms with E-state index in [0.717, 1.165) is 21.2 Å². The third-order valence-electron chi connectivity index (χ3n) is 2.92. The second-order valence-electron chi connectivity index (χ2n) is 4.28. The Morgan fingerprint density at radius 1 is 1.00 bits per heavy atom. The topological polar surface area (TPSA) is 20.2 Å². The van der Waals surface area contributed by atoms with Crippen LogP contribution < -0.4 is 0 Å². The summed E-state index contributed by atoms with van der Waals surface area (Å²) in [4.78, 5) is 0. The molecule has 1 nitrogen and oxygen atoms in total. The van der Waals surface area contributed by atoms with Crippen LogP contribution in [-0.4, -0.2) is 5.11 Å². The molecule has 2 rings (SSSR count). The molecule has 0 amide bonds. The van der Waals surface area contributed by atoms with Crippen molar-refractivity contribution in [3.05, 3.63) is 69.2 Å². The van der Waals surface area contributed by atoms with Crippen molar-refractivity contribution in [3.63, 3.8) is 0 Å². The largest absolute Gasteiger partial charge is 0.384 e. The Labute approximate surface area is 110 Å². The summed E-state index contributed by atoms with van der Waals surface area (Å²) in [6, 6.07) is 13.9. The van der Waals surface area contributed by atoms with Gasteiger partial charge in [-0.1, -0.05) is 57.9 Å². The Kier molecular flexibility index (Phi) is 3.65. The summed E-state index contributed by atoms with van der Waals surface area (Å²) in [5, 5.41) is 10.4. The van der Waals surface area contributed by atoms with E-state index in [1.165, 1.54) is 5.56 Å². The zero-order valence-corrected chi connectivity index (χ0v) is 11.5. The smallest absolute Gasteiger partial charge is 0.105 e. The van der Waals surface area contributed by atoms with Crippen LogP contribution in [0, 0.1) is 13.8 Å². The van der Waals surface area contributed by atoms with Crippen LogP contribution >= 0.6 is 15.9 Å². The minimum atomic E-state index is -0.578. The number of benzene rings is 2. The predicted octanol–water partition coefficient (Wildman–Crippen LogP) is 4.15. The lowest BCUT2D eigenvalue weighted by atomic mass is 9.96. The first-order valence-electron chi connectivity index (χ1n) is 5.59. The predicted molar refractivity (Wildman–Crippen MR) is 74.1 cm³/mol. The molecule has 0 aromatic heterocycles. The van der Waals surface area contributed by atoms with Crippen LogP contribution in [0.25, 0.3) is 0 Å². The first-order valence-corrected chi connectivity index (χ1v) is 6.38. The highest BCUT2D eigenvalue weighted by Gasteiger charge is 2.14. The van der Waals surface area contributed by atoms with Crippen LogP contribution in [0.1, 0.15) is 28.4 Å². The van der Waals surface area contributed by atoms with Crippen molar-refractivity contribution < 1.29 is 5.11 Å². The Morgan fingerprint density at radius 2 is 1.71 bits per heavy atom. The molecule has 0 bridgehead atoms. The molecule has 0 unspecified atom stereocenters. The first-order chi connectivity index (χ1) is 8.09. The van der Waals surface area contributed by atoms with E-state index in [2.05, 4.69) is 28.9 Å². The molecule has 0 fully saturated rings. The third kappa shape index (κ3) is 2.59. The summed E-state index contributed by atoms with van der Waals surface area (Å²) in [7, 11) is 0. The molecule has 2 heteroatoms. The lowest BCUT2D eigenvalue weighted by Gasteiger charge is -2.16. The quantitative estimate of drug-likeness (QED) is 0.881. The number of hydrogen-bond acceptors (Lipinski definition) is 1. The standard InChI is InChI=1S/C15H15BrO/c1-10-7-8-12(11(2)9-10)15(17)13-5-3-4-6-14(13)16/h3-9,15,17H,1-2H3/t15-/m0/s1. The number of rotatable bonds is 2. The molecule has 0 radical (unpaired) electrons. The van der Waals surface area contributed by atoms with Crippen molar-refractivity contribution in [3.8, 4) is 0 Å². The fourth-order valence-electron chi connectivity index (χ4n) is 2.00.